The van der Waals surface area contributed by atoms with E-state index in [1.165, 1.54) is 53.1 Å². The van der Waals surface area contributed by atoms with Gasteiger partial charge >= 0.3 is 0 Å². The summed E-state index contributed by atoms with van der Waals surface area (Å²) in [5, 5.41) is 3.01. The number of amides is 1. The number of hydrogen-bond donors (Lipinski definition) is 1. The van der Waals surface area contributed by atoms with Crippen molar-refractivity contribution in [3.63, 3.8) is 0 Å². The van der Waals surface area contributed by atoms with Crippen molar-refractivity contribution in [2.24, 2.45) is 5.92 Å². The van der Waals surface area contributed by atoms with E-state index in [1.807, 2.05) is 12.5 Å². The molecule has 2 aromatic rings. The summed E-state index contributed by atoms with van der Waals surface area (Å²) in [6, 6.07) is 7.80. The second-order valence-electron chi connectivity index (χ2n) is 10.4. The minimum atomic E-state index is -3.46. The Morgan fingerprint density at radius 1 is 1.14 bits per heavy atom. The van der Waals surface area contributed by atoms with E-state index in [4.69, 9.17) is 0 Å². The van der Waals surface area contributed by atoms with Crippen molar-refractivity contribution >= 4 is 27.7 Å². The summed E-state index contributed by atoms with van der Waals surface area (Å²) < 4.78 is 28.4. The summed E-state index contributed by atoms with van der Waals surface area (Å²) >= 11 is 1.72. The van der Waals surface area contributed by atoms with E-state index in [2.05, 4.69) is 50.3 Å². The van der Waals surface area contributed by atoms with Crippen LogP contribution in [0.2, 0.25) is 0 Å². The highest BCUT2D eigenvalue weighted by molar-refractivity contribution is 7.98. The molecule has 2 fully saturated rings. The second-order valence-corrected chi connectivity index (χ2v) is 13.2. The van der Waals surface area contributed by atoms with Crippen LogP contribution >= 0.6 is 11.8 Å². The van der Waals surface area contributed by atoms with Gasteiger partial charge in [-0.2, -0.15) is 4.31 Å². The second kappa shape index (κ2) is 13.3. The van der Waals surface area contributed by atoms with Gasteiger partial charge in [0.25, 0.3) is 0 Å². The number of rotatable bonds is 11. The van der Waals surface area contributed by atoms with Crippen LogP contribution in [0.25, 0.3) is 0 Å². The molecule has 4 rings (SSSR count). The van der Waals surface area contributed by atoms with Crippen molar-refractivity contribution in [2.75, 3.05) is 45.2 Å². The van der Waals surface area contributed by atoms with Gasteiger partial charge in [-0.3, -0.25) is 9.69 Å². The van der Waals surface area contributed by atoms with Crippen LogP contribution in [0.1, 0.15) is 49.8 Å². The molecule has 1 atom stereocenters. The topological polar surface area (TPSA) is 87.5 Å². The Bertz CT molecular complexity index is 1110. The largest absolute Gasteiger partial charge is 0.354 e. The van der Waals surface area contributed by atoms with E-state index in [1.54, 1.807) is 11.8 Å². The van der Waals surface area contributed by atoms with E-state index in [9.17, 15) is 13.2 Å². The maximum atomic E-state index is 13.2. The van der Waals surface area contributed by atoms with Crippen LogP contribution in [-0.4, -0.2) is 84.4 Å². The summed E-state index contributed by atoms with van der Waals surface area (Å²) in [7, 11) is -3.46. The number of nitrogens with zero attached hydrogens (tertiary/aromatic N) is 4. The van der Waals surface area contributed by atoms with E-state index >= 15 is 0 Å². The Morgan fingerprint density at radius 3 is 2.59 bits per heavy atom. The van der Waals surface area contributed by atoms with Crippen molar-refractivity contribution < 1.29 is 13.2 Å². The average Bonchev–Trinajstić information content (AvgIpc) is 3.34. The number of carbonyl (C=O) groups is 1. The normalized spacial score (nSPS) is 20.2. The lowest BCUT2D eigenvalue weighted by atomic mass is 9.87. The van der Waals surface area contributed by atoms with Crippen molar-refractivity contribution in [3.8, 4) is 0 Å². The van der Waals surface area contributed by atoms with Gasteiger partial charge in [-0.15, -0.1) is 11.8 Å². The third-order valence-electron chi connectivity index (χ3n) is 7.71. The van der Waals surface area contributed by atoms with Crippen molar-refractivity contribution in [3.05, 3.63) is 48.0 Å². The highest BCUT2D eigenvalue weighted by Crippen LogP contribution is 2.27. The highest BCUT2D eigenvalue weighted by Gasteiger charge is 2.37. The molecule has 1 aromatic carbocycles. The quantitative estimate of drug-likeness (QED) is 0.435. The number of sulfonamides is 1. The third kappa shape index (κ3) is 8.05. The third-order valence-corrected chi connectivity index (χ3v) is 9.75. The molecule has 8 nitrogen and oxygen atoms in total. The van der Waals surface area contributed by atoms with Crippen LogP contribution in [-0.2, 0) is 27.8 Å². The Kier molecular flexibility index (Phi) is 10.1. The minimum absolute atomic E-state index is 0.216. The summed E-state index contributed by atoms with van der Waals surface area (Å²) in [6.07, 6.45) is 15.3. The molecule has 10 heteroatoms. The maximum Gasteiger partial charge on any atom is 0.239 e. The molecule has 2 heterocycles. The van der Waals surface area contributed by atoms with Crippen LogP contribution in [0.3, 0.4) is 0 Å². The van der Waals surface area contributed by atoms with Gasteiger partial charge in [0.15, 0.2) is 0 Å². The molecule has 0 radical (unpaired) electrons. The minimum Gasteiger partial charge on any atom is -0.354 e. The summed E-state index contributed by atoms with van der Waals surface area (Å²) in [5.74, 6) is 0.550. The molecule has 1 aliphatic heterocycles. The Morgan fingerprint density at radius 2 is 1.89 bits per heavy atom. The molecule has 1 aliphatic carbocycles. The summed E-state index contributed by atoms with van der Waals surface area (Å²) in [5.41, 5.74) is 2.23. The number of imidazole rings is 1. The zero-order valence-corrected chi connectivity index (χ0v) is 23.8. The van der Waals surface area contributed by atoms with Gasteiger partial charge in [-0.1, -0.05) is 44.2 Å². The van der Waals surface area contributed by atoms with Gasteiger partial charge in [0, 0.05) is 55.9 Å². The number of piperazine rings is 1. The zero-order valence-electron chi connectivity index (χ0n) is 22.1. The smallest absolute Gasteiger partial charge is 0.239 e. The van der Waals surface area contributed by atoms with Crippen molar-refractivity contribution in [1.82, 2.24) is 24.1 Å². The van der Waals surface area contributed by atoms with E-state index < -0.39 is 16.1 Å². The molecular weight excluding hydrogens is 506 g/mol. The standard InChI is InChI=1S/C27H41N5O3S2/c1-36-25-10-8-23(9-11-25)19-31-21-28-18-24(31)12-14-29-27(33)26-20-30(16-17-32(26)37(2,34)35)15-13-22-6-4-3-5-7-22/h8-11,18,21-22,26H,3-7,12-17,19-20H2,1-2H3,(H,29,33). The molecular formula is C27H41N5O3S2. The van der Waals surface area contributed by atoms with Gasteiger partial charge in [0.2, 0.25) is 15.9 Å². The Balaban J connectivity index is 1.31. The fraction of sp³-hybridized carbons (Fsp3) is 0.630. The fourth-order valence-corrected chi connectivity index (χ4v) is 6.98. The predicted octanol–water partition coefficient (Wildman–Crippen LogP) is 3.23. The number of carbonyl (C=O) groups excluding carboxylic acids is 1. The number of hydrogen-bond acceptors (Lipinski definition) is 6. The lowest BCUT2D eigenvalue weighted by Crippen LogP contribution is -2.60. The molecule has 1 saturated heterocycles. The summed E-state index contributed by atoms with van der Waals surface area (Å²) in [4.78, 5) is 21.0. The fourth-order valence-electron chi connectivity index (χ4n) is 5.54. The van der Waals surface area contributed by atoms with Crippen molar-refractivity contribution in [1.29, 1.82) is 0 Å². The van der Waals surface area contributed by atoms with Gasteiger partial charge in [-0.25, -0.2) is 13.4 Å². The average molecular weight is 548 g/mol. The lowest BCUT2D eigenvalue weighted by Gasteiger charge is -2.39. The van der Waals surface area contributed by atoms with Crippen LogP contribution in [0.5, 0.6) is 0 Å². The molecule has 1 aromatic heterocycles. The van der Waals surface area contributed by atoms with Gasteiger partial charge < -0.3 is 9.88 Å². The molecule has 1 saturated carbocycles. The molecule has 204 valence electrons. The Labute approximate surface area is 226 Å². The molecule has 1 N–H and O–H groups in total. The molecule has 0 spiro atoms. The first-order valence-electron chi connectivity index (χ1n) is 13.4. The predicted molar refractivity (Wildman–Crippen MR) is 149 cm³/mol. The van der Waals surface area contributed by atoms with E-state index in [0.717, 1.165) is 31.1 Å². The van der Waals surface area contributed by atoms with Crippen LogP contribution in [0.15, 0.2) is 41.7 Å². The first-order chi connectivity index (χ1) is 17.8. The first-order valence-corrected chi connectivity index (χ1v) is 16.5. The van der Waals surface area contributed by atoms with Crippen LogP contribution in [0, 0.1) is 5.92 Å². The summed E-state index contributed by atoms with van der Waals surface area (Å²) in [6.45, 7) is 3.59. The molecule has 2 aliphatic rings. The SMILES string of the molecule is CSc1ccc(Cn2cncc2CCNC(=O)C2CN(CCC3CCCCC3)CCN2S(C)(=O)=O)cc1. The van der Waals surface area contributed by atoms with Crippen LogP contribution < -0.4 is 5.32 Å². The monoisotopic (exact) mass is 547 g/mol. The van der Waals surface area contributed by atoms with Crippen molar-refractivity contribution in [2.45, 2.75) is 62.4 Å². The molecule has 1 amide bonds. The zero-order chi connectivity index (χ0) is 26.3. The van der Waals surface area contributed by atoms with E-state index in [-0.39, 0.29) is 5.91 Å². The highest BCUT2D eigenvalue weighted by atomic mass is 32.2. The number of nitrogens with one attached hydrogen (secondary N) is 1. The van der Waals surface area contributed by atoms with Gasteiger partial charge in [0.1, 0.15) is 6.04 Å². The maximum absolute atomic E-state index is 13.2. The number of benzene rings is 1. The number of thioether (sulfide) groups is 1. The molecule has 0 bridgehead atoms. The van der Waals surface area contributed by atoms with Crippen LogP contribution in [0.4, 0.5) is 0 Å². The lowest BCUT2D eigenvalue weighted by molar-refractivity contribution is -0.126. The van der Waals surface area contributed by atoms with Gasteiger partial charge in [-0.05, 0) is 42.8 Å². The van der Waals surface area contributed by atoms with Gasteiger partial charge in [0.05, 0.1) is 12.6 Å². The van der Waals surface area contributed by atoms with E-state index in [0.29, 0.717) is 32.6 Å². The first kappa shape index (κ1) is 28.1. The molecule has 37 heavy (non-hydrogen) atoms. The Hall–Kier alpha value is -1.88. The molecule has 1 unspecified atom stereocenters. The number of aromatic nitrogens is 2.